The summed E-state index contributed by atoms with van der Waals surface area (Å²) in [6, 6.07) is 14.8. The Balaban J connectivity index is 1.79. The van der Waals surface area contributed by atoms with E-state index in [0.29, 0.717) is 27.6 Å². The van der Waals surface area contributed by atoms with Crippen molar-refractivity contribution in [3.05, 3.63) is 77.1 Å². The Hall–Kier alpha value is -3.38. The Bertz CT molecular complexity index is 1180. The highest BCUT2D eigenvalue weighted by Gasteiger charge is 2.54. The quantitative estimate of drug-likeness (QED) is 0.689. The molecule has 5 rings (SSSR count). The Labute approximate surface area is 166 Å². The Kier molecular flexibility index (Phi) is 3.48. The highest BCUT2D eigenvalue weighted by molar-refractivity contribution is 6.30. The molecule has 1 atom stereocenters. The summed E-state index contributed by atoms with van der Waals surface area (Å²) < 4.78 is 6.08. The van der Waals surface area contributed by atoms with E-state index < -0.39 is 5.54 Å². The van der Waals surface area contributed by atoms with Gasteiger partial charge in [-0.2, -0.15) is 0 Å². The first-order valence-corrected chi connectivity index (χ1v) is 9.05. The van der Waals surface area contributed by atoms with Crippen molar-refractivity contribution >= 4 is 23.5 Å². The number of aromatic nitrogens is 1. The molecule has 138 valence electrons. The van der Waals surface area contributed by atoms with Gasteiger partial charge in [0.25, 0.3) is 5.91 Å². The number of halogens is 1. The van der Waals surface area contributed by atoms with Gasteiger partial charge in [0, 0.05) is 36.1 Å². The lowest BCUT2D eigenvalue weighted by atomic mass is 9.79. The molecular weight excluding hydrogens is 376 g/mol. The molecule has 2 aliphatic heterocycles. The van der Waals surface area contributed by atoms with Crippen LogP contribution in [0.3, 0.4) is 0 Å². The number of carbonyl (C=O) groups is 1. The van der Waals surface area contributed by atoms with Crippen LogP contribution in [0.15, 0.2) is 65.9 Å². The van der Waals surface area contributed by atoms with E-state index in [1.54, 1.807) is 19.4 Å². The van der Waals surface area contributed by atoms with Gasteiger partial charge in [-0.1, -0.05) is 35.9 Å². The molecule has 0 saturated heterocycles. The molecule has 3 heterocycles. The molecule has 1 aromatic heterocycles. The maximum Gasteiger partial charge on any atom is 0.266 e. The van der Waals surface area contributed by atoms with Gasteiger partial charge in [0.2, 0.25) is 5.54 Å². The molecule has 28 heavy (non-hydrogen) atoms. The van der Waals surface area contributed by atoms with Crippen molar-refractivity contribution in [2.75, 3.05) is 7.05 Å². The van der Waals surface area contributed by atoms with E-state index in [2.05, 4.69) is 9.98 Å². The molecule has 0 radical (unpaired) electrons. The summed E-state index contributed by atoms with van der Waals surface area (Å²) in [6.07, 6.45) is 3.29. The third-order valence-electron chi connectivity index (χ3n) is 5.14. The second kappa shape index (κ2) is 5.81. The number of amides is 1. The second-order valence-corrected chi connectivity index (χ2v) is 7.18. The van der Waals surface area contributed by atoms with Crippen LogP contribution in [0.2, 0.25) is 5.02 Å². The standard InChI is InChI=1S/C21H15ClN4O2/c1-26-19(27)21(25-20(26)23)15-4-2-3-5-17(15)28-18-7-6-12(9-16(18)21)13-8-14(22)11-24-10-13/h2-11H,1H3,(H2,23,25). The minimum Gasteiger partial charge on any atom is -0.457 e. The number of guanidine groups is 1. The summed E-state index contributed by atoms with van der Waals surface area (Å²) in [5.41, 5.74) is 7.77. The summed E-state index contributed by atoms with van der Waals surface area (Å²) in [5.74, 6) is 1.11. The van der Waals surface area contributed by atoms with E-state index in [-0.39, 0.29) is 11.9 Å². The highest BCUT2D eigenvalue weighted by atomic mass is 35.5. The van der Waals surface area contributed by atoms with E-state index in [1.807, 2.05) is 48.5 Å². The fourth-order valence-electron chi connectivity index (χ4n) is 3.76. The monoisotopic (exact) mass is 390 g/mol. The predicted octanol–water partition coefficient (Wildman–Crippen LogP) is 3.54. The Morgan fingerprint density at radius 3 is 2.57 bits per heavy atom. The minimum absolute atomic E-state index is 0.169. The van der Waals surface area contributed by atoms with E-state index >= 15 is 0 Å². The zero-order valence-electron chi connectivity index (χ0n) is 14.9. The van der Waals surface area contributed by atoms with Gasteiger partial charge in [-0.15, -0.1) is 0 Å². The summed E-state index contributed by atoms with van der Waals surface area (Å²) >= 11 is 6.10. The number of aliphatic imine (C=N–C) groups is 1. The lowest BCUT2D eigenvalue weighted by Gasteiger charge is -2.33. The topological polar surface area (TPSA) is 80.8 Å². The molecule has 1 spiro atoms. The molecule has 2 N–H and O–H groups in total. The second-order valence-electron chi connectivity index (χ2n) is 6.75. The molecule has 1 unspecified atom stereocenters. The smallest absolute Gasteiger partial charge is 0.266 e. The Morgan fingerprint density at radius 2 is 1.82 bits per heavy atom. The molecule has 2 aromatic carbocycles. The van der Waals surface area contributed by atoms with Gasteiger partial charge in [0.15, 0.2) is 5.96 Å². The third kappa shape index (κ3) is 2.18. The number of hydrogen-bond donors (Lipinski definition) is 1. The maximum atomic E-state index is 13.4. The zero-order chi connectivity index (χ0) is 19.5. The number of rotatable bonds is 1. The molecular formula is C21H15ClN4O2. The number of ether oxygens (including phenoxy) is 1. The molecule has 3 aromatic rings. The van der Waals surface area contributed by atoms with Crippen LogP contribution in [0.25, 0.3) is 11.1 Å². The first-order chi connectivity index (χ1) is 13.5. The maximum absolute atomic E-state index is 13.4. The molecule has 2 aliphatic rings. The van der Waals surface area contributed by atoms with Crippen LogP contribution >= 0.6 is 11.6 Å². The van der Waals surface area contributed by atoms with Crippen molar-refractivity contribution < 1.29 is 9.53 Å². The average Bonchev–Trinajstić information content (AvgIpc) is 2.93. The van der Waals surface area contributed by atoms with Crippen molar-refractivity contribution in [3.8, 4) is 22.6 Å². The number of nitrogens with two attached hydrogens (primary N) is 1. The number of nitrogens with zero attached hydrogens (tertiary/aromatic N) is 3. The first kappa shape index (κ1) is 16.8. The minimum atomic E-state index is -1.27. The van der Waals surface area contributed by atoms with Crippen LogP contribution in [0.4, 0.5) is 0 Å². The molecule has 0 saturated carbocycles. The molecule has 7 heteroatoms. The van der Waals surface area contributed by atoms with Crippen molar-refractivity contribution in [1.29, 1.82) is 0 Å². The van der Waals surface area contributed by atoms with E-state index in [9.17, 15) is 4.79 Å². The van der Waals surface area contributed by atoms with Crippen LogP contribution in [0, 0.1) is 0 Å². The molecule has 0 bridgehead atoms. The molecule has 6 nitrogen and oxygen atoms in total. The highest BCUT2D eigenvalue weighted by Crippen LogP contribution is 2.52. The SMILES string of the molecule is CN1C(=O)C2(N=C1N)c1ccccc1Oc1ccc(-c3cncc(Cl)c3)cc12. The molecule has 0 aliphatic carbocycles. The zero-order valence-corrected chi connectivity index (χ0v) is 15.6. The van der Waals surface area contributed by atoms with Gasteiger partial charge in [-0.05, 0) is 29.8 Å². The van der Waals surface area contributed by atoms with Crippen LogP contribution in [-0.2, 0) is 10.3 Å². The van der Waals surface area contributed by atoms with Crippen molar-refractivity contribution in [2.45, 2.75) is 5.54 Å². The molecule has 1 amide bonds. The summed E-state index contributed by atoms with van der Waals surface area (Å²) in [7, 11) is 1.62. The van der Waals surface area contributed by atoms with Crippen molar-refractivity contribution in [2.24, 2.45) is 10.7 Å². The fourth-order valence-corrected chi connectivity index (χ4v) is 3.94. The molecule has 0 fully saturated rings. The van der Waals surface area contributed by atoms with Crippen LogP contribution in [0.1, 0.15) is 11.1 Å². The first-order valence-electron chi connectivity index (χ1n) is 8.67. The van der Waals surface area contributed by atoms with E-state index in [4.69, 9.17) is 22.1 Å². The van der Waals surface area contributed by atoms with Gasteiger partial charge in [0.05, 0.1) is 5.02 Å². The van der Waals surface area contributed by atoms with E-state index in [1.165, 1.54) is 4.90 Å². The summed E-state index contributed by atoms with van der Waals surface area (Å²) in [5, 5.41) is 0.533. The lowest BCUT2D eigenvalue weighted by molar-refractivity contribution is -0.129. The number of para-hydroxylation sites is 1. The largest absolute Gasteiger partial charge is 0.457 e. The van der Waals surface area contributed by atoms with Gasteiger partial charge >= 0.3 is 0 Å². The van der Waals surface area contributed by atoms with Crippen molar-refractivity contribution in [1.82, 2.24) is 9.88 Å². The normalized spacial score (nSPS) is 19.9. The summed E-state index contributed by atoms with van der Waals surface area (Å²) in [6.45, 7) is 0. The van der Waals surface area contributed by atoms with Crippen molar-refractivity contribution in [3.63, 3.8) is 0 Å². The van der Waals surface area contributed by atoms with Crippen LogP contribution < -0.4 is 10.5 Å². The number of carbonyl (C=O) groups excluding carboxylic acids is 1. The number of fused-ring (bicyclic) bond motifs is 4. The Morgan fingerprint density at radius 1 is 1.04 bits per heavy atom. The fraction of sp³-hybridized carbons (Fsp3) is 0.0952. The predicted molar refractivity (Wildman–Crippen MR) is 106 cm³/mol. The lowest BCUT2D eigenvalue weighted by Crippen LogP contribution is -2.42. The number of benzene rings is 2. The number of pyridine rings is 1. The van der Waals surface area contributed by atoms with Crippen LogP contribution in [-0.4, -0.2) is 28.8 Å². The third-order valence-corrected chi connectivity index (χ3v) is 5.35. The van der Waals surface area contributed by atoms with Gasteiger partial charge in [0.1, 0.15) is 11.5 Å². The number of hydrogen-bond acceptors (Lipinski definition) is 5. The summed E-state index contributed by atoms with van der Waals surface area (Å²) in [4.78, 5) is 23.5. The van der Waals surface area contributed by atoms with E-state index in [0.717, 1.165) is 11.1 Å². The number of likely N-dealkylation sites (N-methyl/N-ethyl adjacent to an activating group) is 1. The van der Waals surface area contributed by atoms with Gasteiger partial charge in [-0.3, -0.25) is 14.7 Å². The van der Waals surface area contributed by atoms with Gasteiger partial charge in [-0.25, -0.2) is 4.99 Å². The average molecular weight is 391 g/mol. The van der Waals surface area contributed by atoms with Gasteiger partial charge < -0.3 is 10.5 Å². The van der Waals surface area contributed by atoms with Crippen LogP contribution in [0.5, 0.6) is 11.5 Å².